The van der Waals surface area contributed by atoms with Crippen LogP contribution in [0.2, 0.25) is 0 Å². The Kier molecular flexibility index (Phi) is 6.76. The van der Waals surface area contributed by atoms with Crippen molar-refractivity contribution in [1.82, 2.24) is 14.9 Å². The molecule has 0 spiro atoms. The van der Waals surface area contributed by atoms with E-state index in [-0.39, 0.29) is 17.9 Å². The minimum absolute atomic E-state index is 0.0404. The van der Waals surface area contributed by atoms with Crippen LogP contribution in [0, 0.1) is 6.92 Å². The van der Waals surface area contributed by atoms with Gasteiger partial charge in [-0.05, 0) is 72.1 Å². The first-order valence-corrected chi connectivity index (χ1v) is 11.9. The standard InChI is InChI=1S/C30H25N3O4/c1-20-3-2-4-22(17-20)19-37-25-7-5-24(6-8-25)28(34)26-27(23-11-15-32-16-12-23)33(30(36)29(26)35)18-21-9-13-31-14-10-21/h2-17,27,34H,18-19H2,1H3/t27-/m0/s1. The molecule has 1 aliphatic rings. The lowest BCUT2D eigenvalue weighted by atomic mass is 9.96. The largest absolute Gasteiger partial charge is 0.507 e. The number of aryl methyl sites for hydroxylation is 1. The Hall–Kier alpha value is -4.78. The zero-order chi connectivity index (χ0) is 25.8. The summed E-state index contributed by atoms with van der Waals surface area (Å²) in [5.41, 5.74) is 4.18. The summed E-state index contributed by atoms with van der Waals surface area (Å²) in [6.07, 6.45) is 6.47. The Labute approximate surface area is 214 Å². The van der Waals surface area contributed by atoms with Crippen molar-refractivity contribution in [2.75, 3.05) is 0 Å². The number of ether oxygens (including phenoxy) is 1. The molecule has 1 fully saturated rings. The van der Waals surface area contributed by atoms with Crippen molar-refractivity contribution in [2.24, 2.45) is 0 Å². The van der Waals surface area contributed by atoms with E-state index in [1.807, 2.05) is 25.1 Å². The molecule has 37 heavy (non-hydrogen) atoms. The fourth-order valence-electron chi connectivity index (χ4n) is 4.45. The molecule has 1 aliphatic heterocycles. The summed E-state index contributed by atoms with van der Waals surface area (Å²) in [5, 5.41) is 11.3. The summed E-state index contributed by atoms with van der Waals surface area (Å²) in [7, 11) is 0. The quantitative estimate of drug-likeness (QED) is 0.223. The summed E-state index contributed by atoms with van der Waals surface area (Å²) >= 11 is 0. The lowest BCUT2D eigenvalue weighted by molar-refractivity contribution is -0.140. The molecule has 0 unspecified atom stereocenters. The van der Waals surface area contributed by atoms with Crippen molar-refractivity contribution in [3.63, 3.8) is 0 Å². The number of aliphatic hydroxyl groups excluding tert-OH is 1. The van der Waals surface area contributed by atoms with Gasteiger partial charge in [-0.25, -0.2) is 0 Å². The number of rotatable bonds is 7. The van der Waals surface area contributed by atoms with Gasteiger partial charge in [-0.1, -0.05) is 29.8 Å². The molecule has 0 aliphatic carbocycles. The minimum Gasteiger partial charge on any atom is -0.507 e. The van der Waals surface area contributed by atoms with Crippen LogP contribution in [-0.2, 0) is 22.7 Å². The van der Waals surface area contributed by atoms with Crippen molar-refractivity contribution in [2.45, 2.75) is 26.1 Å². The third kappa shape index (κ3) is 5.11. The molecule has 184 valence electrons. The highest BCUT2D eigenvalue weighted by molar-refractivity contribution is 6.46. The maximum Gasteiger partial charge on any atom is 0.295 e. The van der Waals surface area contributed by atoms with Crippen molar-refractivity contribution in [1.29, 1.82) is 0 Å². The third-order valence-electron chi connectivity index (χ3n) is 6.28. The molecular formula is C30H25N3O4. The molecule has 7 nitrogen and oxygen atoms in total. The van der Waals surface area contributed by atoms with E-state index in [4.69, 9.17) is 4.74 Å². The number of nitrogens with zero attached hydrogens (tertiary/aromatic N) is 3. The van der Waals surface area contributed by atoms with Crippen molar-refractivity contribution >= 4 is 17.4 Å². The van der Waals surface area contributed by atoms with E-state index in [1.54, 1.807) is 73.3 Å². The van der Waals surface area contributed by atoms with Crippen LogP contribution >= 0.6 is 0 Å². The molecule has 2 aromatic heterocycles. The van der Waals surface area contributed by atoms with Gasteiger partial charge in [0.25, 0.3) is 11.7 Å². The highest BCUT2D eigenvalue weighted by Gasteiger charge is 2.46. The van der Waals surface area contributed by atoms with E-state index in [1.165, 1.54) is 4.90 Å². The van der Waals surface area contributed by atoms with Gasteiger partial charge in [0.1, 0.15) is 18.1 Å². The molecule has 0 radical (unpaired) electrons. The van der Waals surface area contributed by atoms with E-state index in [2.05, 4.69) is 16.0 Å². The zero-order valence-electron chi connectivity index (χ0n) is 20.2. The minimum atomic E-state index is -0.756. The molecule has 5 rings (SSSR count). The second-order valence-electron chi connectivity index (χ2n) is 8.87. The smallest absolute Gasteiger partial charge is 0.295 e. The average molecular weight is 492 g/mol. The van der Waals surface area contributed by atoms with Crippen LogP contribution in [0.25, 0.3) is 5.76 Å². The number of hydrogen-bond acceptors (Lipinski definition) is 6. The van der Waals surface area contributed by atoms with Crippen LogP contribution in [-0.4, -0.2) is 31.7 Å². The van der Waals surface area contributed by atoms with Crippen LogP contribution < -0.4 is 4.74 Å². The molecule has 0 bridgehead atoms. The fourth-order valence-corrected chi connectivity index (χ4v) is 4.45. The monoisotopic (exact) mass is 491 g/mol. The van der Waals surface area contributed by atoms with Gasteiger partial charge in [-0.15, -0.1) is 0 Å². The molecule has 7 heteroatoms. The molecule has 1 N–H and O–H groups in total. The number of hydrogen-bond donors (Lipinski definition) is 1. The molecule has 1 atom stereocenters. The summed E-state index contributed by atoms with van der Waals surface area (Å²) in [6.45, 7) is 2.64. The normalized spacial score (nSPS) is 16.7. The molecule has 4 aromatic rings. The van der Waals surface area contributed by atoms with E-state index in [0.717, 1.165) is 16.7 Å². The van der Waals surface area contributed by atoms with Crippen LogP contribution in [0.4, 0.5) is 0 Å². The van der Waals surface area contributed by atoms with Gasteiger partial charge in [0.15, 0.2) is 0 Å². The number of carbonyl (C=O) groups excluding carboxylic acids is 2. The molecular weight excluding hydrogens is 466 g/mol. The topological polar surface area (TPSA) is 92.6 Å². The Morgan fingerprint density at radius 2 is 1.57 bits per heavy atom. The summed E-state index contributed by atoms with van der Waals surface area (Å²) in [6, 6.07) is 21.2. The Morgan fingerprint density at radius 3 is 2.24 bits per heavy atom. The van der Waals surface area contributed by atoms with Crippen LogP contribution in [0.3, 0.4) is 0 Å². The van der Waals surface area contributed by atoms with Gasteiger partial charge in [0.2, 0.25) is 0 Å². The summed E-state index contributed by atoms with van der Waals surface area (Å²) < 4.78 is 5.88. The van der Waals surface area contributed by atoms with Crippen molar-refractivity contribution in [3.8, 4) is 5.75 Å². The molecule has 1 saturated heterocycles. The van der Waals surface area contributed by atoms with Gasteiger partial charge in [0, 0.05) is 36.9 Å². The molecule has 3 heterocycles. The van der Waals surface area contributed by atoms with Gasteiger partial charge < -0.3 is 14.7 Å². The number of pyridine rings is 2. The highest BCUT2D eigenvalue weighted by Crippen LogP contribution is 2.40. The lowest BCUT2D eigenvalue weighted by Crippen LogP contribution is -2.29. The average Bonchev–Trinajstić information content (AvgIpc) is 3.18. The third-order valence-corrected chi connectivity index (χ3v) is 6.28. The molecule has 1 amide bonds. The van der Waals surface area contributed by atoms with Gasteiger partial charge in [0.05, 0.1) is 11.6 Å². The van der Waals surface area contributed by atoms with Crippen LogP contribution in [0.15, 0.2) is 103 Å². The van der Waals surface area contributed by atoms with Crippen LogP contribution in [0.1, 0.15) is 33.9 Å². The van der Waals surface area contributed by atoms with Crippen molar-refractivity contribution < 1.29 is 19.4 Å². The number of Topliss-reactive ketones (excluding diaryl/α,β-unsaturated/α-hetero) is 1. The van der Waals surface area contributed by atoms with Gasteiger partial charge >= 0.3 is 0 Å². The predicted molar refractivity (Wildman–Crippen MR) is 138 cm³/mol. The Balaban J connectivity index is 1.45. The van der Waals surface area contributed by atoms with Gasteiger partial charge in [-0.3, -0.25) is 19.6 Å². The number of amides is 1. The zero-order valence-corrected chi connectivity index (χ0v) is 20.2. The number of benzene rings is 2. The van der Waals surface area contributed by atoms with E-state index in [9.17, 15) is 14.7 Å². The second-order valence-corrected chi connectivity index (χ2v) is 8.87. The summed E-state index contributed by atoms with van der Waals surface area (Å²) in [5.74, 6) is -1.00. The fraction of sp³-hybridized carbons (Fsp3) is 0.133. The maximum atomic E-state index is 13.2. The van der Waals surface area contributed by atoms with Crippen LogP contribution in [0.5, 0.6) is 5.75 Å². The van der Waals surface area contributed by atoms with E-state index in [0.29, 0.717) is 23.5 Å². The number of ketones is 1. The lowest BCUT2D eigenvalue weighted by Gasteiger charge is -2.25. The SMILES string of the molecule is Cc1cccc(COc2ccc(C(O)=C3C(=O)C(=O)N(Cc4ccncc4)[C@H]3c3ccncc3)cc2)c1. The number of aromatic nitrogens is 2. The molecule has 2 aromatic carbocycles. The predicted octanol–water partition coefficient (Wildman–Crippen LogP) is 4.99. The number of likely N-dealkylation sites (tertiary alicyclic amines) is 1. The van der Waals surface area contributed by atoms with E-state index >= 15 is 0 Å². The first kappa shape index (κ1) is 23.9. The Bertz CT molecular complexity index is 1450. The van der Waals surface area contributed by atoms with Crippen molar-refractivity contribution in [3.05, 3.63) is 131 Å². The second kappa shape index (κ2) is 10.5. The number of carbonyl (C=O) groups is 2. The first-order valence-electron chi connectivity index (χ1n) is 11.9. The highest BCUT2D eigenvalue weighted by atomic mass is 16.5. The van der Waals surface area contributed by atoms with Gasteiger partial charge in [-0.2, -0.15) is 0 Å². The van der Waals surface area contributed by atoms with E-state index < -0.39 is 17.7 Å². The summed E-state index contributed by atoms with van der Waals surface area (Å²) in [4.78, 5) is 35.9. The number of aliphatic hydroxyl groups is 1. The Morgan fingerprint density at radius 1 is 0.892 bits per heavy atom. The first-order chi connectivity index (χ1) is 18.0. The maximum absolute atomic E-state index is 13.2. The molecule has 0 saturated carbocycles.